The first kappa shape index (κ1) is 29.0. The monoisotopic (exact) mass is 590 g/mol. The molecule has 0 unspecified atom stereocenters. The van der Waals surface area contributed by atoms with Crippen LogP contribution >= 0.6 is 0 Å². The number of H-pyrrole nitrogens is 1. The van der Waals surface area contributed by atoms with Crippen molar-refractivity contribution in [2.45, 2.75) is 38.3 Å². The van der Waals surface area contributed by atoms with Crippen molar-refractivity contribution in [2.24, 2.45) is 5.92 Å². The van der Waals surface area contributed by atoms with Gasteiger partial charge in [-0.05, 0) is 48.4 Å². The second-order valence-corrected chi connectivity index (χ2v) is 11.0. The number of rotatable bonds is 11. The predicted octanol–water partition coefficient (Wildman–Crippen LogP) is 4.62. The lowest BCUT2D eigenvalue weighted by molar-refractivity contribution is -0.138. The Bertz CT molecular complexity index is 1830. The van der Waals surface area contributed by atoms with Crippen molar-refractivity contribution in [1.82, 2.24) is 20.0 Å². The van der Waals surface area contributed by atoms with Crippen LogP contribution in [0.15, 0.2) is 97.3 Å². The van der Waals surface area contributed by atoms with Crippen LogP contribution in [0.5, 0.6) is 0 Å². The van der Waals surface area contributed by atoms with E-state index in [1.54, 1.807) is 29.1 Å². The summed E-state index contributed by atoms with van der Waals surface area (Å²) in [5.74, 6) is -1.24. The highest BCUT2D eigenvalue weighted by Crippen LogP contribution is 2.49. The van der Waals surface area contributed by atoms with Crippen molar-refractivity contribution in [1.29, 1.82) is 0 Å². The summed E-state index contributed by atoms with van der Waals surface area (Å²) in [5, 5.41) is 33.3. The molecule has 2 aromatic heterocycles. The first-order valence-corrected chi connectivity index (χ1v) is 14.7. The number of carbonyl (C=O) groups is 2. The average Bonchev–Trinajstić information content (AvgIpc) is 3.72. The minimum atomic E-state index is -1.86. The summed E-state index contributed by atoms with van der Waals surface area (Å²) < 4.78 is 1.70. The number of aromatic nitrogens is 4. The van der Waals surface area contributed by atoms with Crippen molar-refractivity contribution >= 4 is 39.8 Å². The first-order valence-electron chi connectivity index (χ1n) is 14.7. The molecule has 5 aromatic rings. The van der Waals surface area contributed by atoms with E-state index in [-0.39, 0.29) is 18.9 Å². The second kappa shape index (κ2) is 12.3. The van der Waals surface area contributed by atoms with Crippen LogP contribution in [-0.2, 0) is 34.6 Å². The number of hydrogen-bond donors (Lipinski definition) is 4. The van der Waals surface area contributed by atoms with Gasteiger partial charge in [-0.1, -0.05) is 60.7 Å². The Morgan fingerprint density at radius 3 is 2.73 bits per heavy atom. The van der Waals surface area contributed by atoms with E-state index in [0.717, 1.165) is 22.2 Å². The van der Waals surface area contributed by atoms with Gasteiger partial charge in [0.15, 0.2) is 5.60 Å². The Labute approximate surface area is 254 Å². The number of benzene rings is 3. The molecule has 1 aliphatic rings. The van der Waals surface area contributed by atoms with Crippen molar-refractivity contribution in [3.05, 3.63) is 114 Å². The number of anilines is 3. The van der Waals surface area contributed by atoms with E-state index in [1.165, 1.54) is 4.90 Å². The molecule has 224 valence electrons. The predicted molar refractivity (Wildman–Crippen MR) is 168 cm³/mol. The second-order valence-electron chi connectivity index (χ2n) is 11.0. The molecule has 0 saturated heterocycles. The minimum absolute atomic E-state index is 0.0136. The van der Waals surface area contributed by atoms with E-state index in [0.29, 0.717) is 42.0 Å². The molecule has 0 aliphatic carbocycles. The molecule has 4 N–H and O–H groups in total. The smallest absolute Gasteiger partial charge is 0.268 e. The number of aliphatic hydroxyl groups is 2. The molecule has 0 radical (unpaired) electrons. The lowest BCUT2D eigenvalue weighted by atomic mass is 9.82. The lowest BCUT2D eigenvalue weighted by Crippen LogP contribution is -2.42. The molecule has 0 spiro atoms. The number of amides is 2. The fourth-order valence-electron chi connectivity index (χ4n) is 5.76. The molecule has 0 saturated carbocycles. The standard InChI is InChI=1S/C34H34N6O4/c1-23(9-7-8-17-39-22-26(16-18-41)37-38-39)34(44)29-20-25(14-15-31(29)40(33(34)43)27-10-3-2-4-11-27)36-32(42)19-24-21-35-30-13-6-5-12-28(24)30/h2-7,9-15,20-23,35,41,44H,8,16-19H2,1H3,(H,36,42)/b9-7+/t23-,34+/m0/s1. The van der Waals surface area contributed by atoms with Gasteiger partial charge in [-0.2, -0.15) is 0 Å². The molecule has 10 nitrogen and oxygen atoms in total. The fraction of sp³-hybridized carbons (Fsp3) is 0.235. The molecule has 44 heavy (non-hydrogen) atoms. The number of fused-ring (bicyclic) bond motifs is 2. The topological polar surface area (TPSA) is 136 Å². The maximum absolute atomic E-state index is 14.0. The average molecular weight is 591 g/mol. The minimum Gasteiger partial charge on any atom is -0.396 e. The van der Waals surface area contributed by atoms with Gasteiger partial charge in [-0.15, -0.1) is 5.10 Å². The van der Waals surface area contributed by atoms with Crippen molar-refractivity contribution in [3.63, 3.8) is 0 Å². The largest absolute Gasteiger partial charge is 0.396 e. The third-order valence-electron chi connectivity index (χ3n) is 8.06. The van der Waals surface area contributed by atoms with Crippen LogP contribution in [0, 0.1) is 5.92 Å². The van der Waals surface area contributed by atoms with Crippen LogP contribution in [0.2, 0.25) is 0 Å². The van der Waals surface area contributed by atoms with Gasteiger partial charge in [-0.3, -0.25) is 19.2 Å². The van der Waals surface area contributed by atoms with E-state index in [1.807, 2.05) is 79.9 Å². The molecule has 0 fully saturated rings. The first-order chi connectivity index (χ1) is 21.4. The highest BCUT2D eigenvalue weighted by molar-refractivity contribution is 6.12. The maximum Gasteiger partial charge on any atom is 0.268 e. The van der Waals surface area contributed by atoms with Crippen molar-refractivity contribution < 1.29 is 19.8 Å². The Hall–Kier alpha value is -5.06. The summed E-state index contributed by atoms with van der Waals surface area (Å²) in [6.07, 6.45) is 8.62. The van der Waals surface area contributed by atoms with Crippen molar-refractivity contribution in [3.8, 4) is 0 Å². The van der Waals surface area contributed by atoms with E-state index < -0.39 is 17.4 Å². The van der Waals surface area contributed by atoms with Gasteiger partial charge in [0.2, 0.25) is 5.91 Å². The quantitative estimate of drug-likeness (QED) is 0.166. The highest BCUT2D eigenvalue weighted by Gasteiger charge is 2.53. The number of para-hydroxylation sites is 2. The molecule has 2 amide bonds. The van der Waals surface area contributed by atoms with Crippen molar-refractivity contribution in [2.75, 3.05) is 16.8 Å². The summed E-state index contributed by atoms with van der Waals surface area (Å²) >= 11 is 0. The zero-order valence-electron chi connectivity index (χ0n) is 24.4. The third kappa shape index (κ3) is 5.52. The van der Waals surface area contributed by atoms with Gasteiger partial charge in [0, 0.05) is 65.7 Å². The summed E-state index contributed by atoms with van der Waals surface area (Å²) in [6.45, 7) is 2.39. The normalized spacial score (nSPS) is 17.0. The zero-order chi connectivity index (χ0) is 30.7. The van der Waals surface area contributed by atoms with Crippen LogP contribution in [0.3, 0.4) is 0 Å². The molecule has 2 atom stereocenters. The molecule has 1 aliphatic heterocycles. The van der Waals surface area contributed by atoms with Gasteiger partial charge in [-0.25, -0.2) is 0 Å². The van der Waals surface area contributed by atoms with Crippen LogP contribution in [0.4, 0.5) is 17.1 Å². The van der Waals surface area contributed by atoms with Gasteiger partial charge in [0.25, 0.3) is 5.91 Å². The Balaban J connectivity index is 1.24. The molecular formula is C34H34N6O4. The number of aliphatic hydroxyl groups excluding tert-OH is 1. The number of hydrogen-bond acceptors (Lipinski definition) is 6. The number of allylic oxidation sites excluding steroid dienone is 1. The highest BCUT2D eigenvalue weighted by atomic mass is 16.3. The Morgan fingerprint density at radius 2 is 1.91 bits per heavy atom. The van der Waals surface area contributed by atoms with Crippen LogP contribution in [0.25, 0.3) is 10.9 Å². The number of nitrogens with zero attached hydrogens (tertiary/aromatic N) is 4. The van der Waals surface area contributed by atoms with Gasteiger partial charge >= 0.3 is 0 Å². The van der Waals surface area contributed by atoms with E-state index in [9.17, 15) is 14.7 Å². The molecular weight excluding hydrogens is 556 g/mol. The summed E-state index contributed by atoms with van der Waals surface area (Å²) in [7, 11) is 0. The molecule has 3 heterocycles. The fourth-order valence-corrected chi connectivity index (χ4v) is 5.76. The number of carbonyl (C=O) groups excluding carboxylic acids is 2. The lowest BCUT2D eigenvalue weighted by Gasteiger charge is -2.27. The summed E-state index contributed by atoms with van der Waals surface area (Å²) in [4.78, 5) is 31.9. The summed E-state index contributed by atoms with van der Waals surface area (Å²) in [6, 6.07) is 22.3. The third-order valence-corrected chi connectivity index (χ3v) is 8.06. The maximum atomic E-state index is 14.0. The van der Waals surface area contributed by atoms with Gasteiger partial charge in [0.05, 0.1) is 17.8 Å². The molecule has 6 rings (SSSR count). The SMILES string of the molecule is C[C@@H](/C=C/CCn1cc(CCO)nn1)[C@]1(O)C(=O)N(c2ccccc2)c2ccc(NC(=O)Cc3c[nH]c4ccccc34)cc21. The van der Waals surface area contributed by atoms with E-state index >= 15 is 0 Å². The summed E-state index contributed by atoms with van der Waals surface area (Å²) in [5.41, 5.74) is 2.85. The van der Waals surface area contributed by atoms with Crippen LogP contribution < -0.4 is 10.2 Å². The Kier molecular flexibility index (Phi) is 8.10. The van der Waals surface area contributed by atoms with Gasteiger partial charge < -0.3 is 20.5 Å². The number of aromatic amines is 1. The van der Waals surface area contributed by atoms with E-state index in [4.69, 9.17) is 5.11 Å². The van der Waals surface area contributed by atoms with Crippen LogP contribution in [-0.4, -0.2) is 48.6 Å². The number of nitrogens with one attached hydrogen (secondary N) is 2. The molecule has 3 aromatic carbocycles. The van der Waals surface area contributed by atoms with E-state index in [2.05, 4.69) is 20.6 Å². The molecule has 0 bridgehead atoms. The zero-order valence-corrected chi connectivity index (χ0v) is 24.4. The van der Waals surface area contributed by atoms with Crippen LogP contribution in [0.1, 0.15) is 30.2 Å². The molecule has 10 heteroatoms. The number of aryl methyl sites for hydroxylation is 1. The Morgan fingerprint density at radius 1 is 1.11 bits per heavy atom. The van der Waals surface area contributed by atoms with Gasteiger partial charge in [0.1, 0.15) is 0 Å².